The molecule has 0 N–H and O–H groups in total. The number of nitriles is 1. The summed E-state index contributed by atoms with van der Waals surface area (Å²) in [5.74, 6) is 0. The van der Waals surface area contributed by atoms with Gasteiger partial charge in [0.15, 0.2) is 0 Å². The molecule has 0 amide bonds. The highest BCUT2D eigenvalue weighted by Gasteiger charge is 2.02. The van der Waals surface area contributed by atoms with E-state index in [1.165, 1.54) is 5.54 Å². The number of anilines is 1. The molecule has 3 heteroatoms. The fourth-order valence-electron chi connectivity index (χ4n) is 1.32. The number of hydrogen-bond donors (Lipinski definition) is 0. The molecule has 2 nitrogen and oxygen atoms in total. The Morgan fingerprint density at radius 3 is 2.67 bits per heavy atom. The number of halogens is 1. The first kappa shape index (κ1) is 11.6. The summed E-state index contributed by atoms with van der Waals surface area (Å²) in [6, 6.07) is 12.1. The van der Waals surface area contributed by atoms with Crippen LogP contribution in [0.15, 0.2) is 41.9 Å². The van der Waals surface area contributed by atoms with Crippen molar-refractivity contribution in [3.63, 3.8) is 0 Å². The zero-order valence-corrected chi connectivity index (χ0v) is 9.19. The molecule has 0 spiro atoms. The average Bonchev–Trinajstić information content (AvgIpc) is 2.30. The Bertz CT molecular complexity index is 340. The monoisotopic (exact) mass is 220 g/mol. The van der Waals surface area contributed by atoms with Gasteiger partial charge in [-0.3, -0.25) is 0 Å². The third-order valence-corrected chi connectivity index (χ3v) is 2.21. The molecule has 0 aliphatic carbocycles. The van der Waals surface area contributed by atoms with Crippen LogP contribution in [0.2, 0.25) is 0 Å². The SMILES string of the molecule is N#CCCN(C/C=C/Cl)c1ccccc1. The lowest BCUT2D eigenvalue weighted by Gasteiger charge is -2.21. The second kappa shape index (κ2) is 6.92. The molecule has 15 heavy (non-hydrogen) atoms. The quantitative estimate of drug-likeness (QED) is 0.762. The van der Waals surface area contributed by atoms with Crippen LogP contribution in [0.3, 0.4) is 0 Å². The van der Waals surface area contributed by atoms with Crippen molar-refractivity contribution in [2.24, 2.45) is 0 Å². The summed E-state index contributed by atoms with van der Waals surface area (Å²) in [4.78, 5) is 2.11. The molecule has 0 aliphatic rings. The van der Waals surface area contributed by atoms with Gasteiger partial charge in [-0.1, -0.05) is 35.9 Å². The minimum atomic E-state index is 0.519. The summed E-state index contributed by atoms with van der Waals surface area (Å²) >= 11 is 5.49. The van der Waals surface area contributed by atoms with E-state index in [2.05, 4.69) is 11.0 Å². The molecule has 0 aromatic heterocycles. The molecule has 0 bridgehead atoms. The van der Waals surface area contributed by atoms with Crippen molar-refractivity contribution < 1.29 is 0 Å². The van der Waals surface area contributed by atoms with Crippen LogP contribution in [0.1, 0.15) is 6.42 Å². The fourth-order valence-corrected chi connectivity index (χ4v) is 1.40. The second-order valence-corrected chi connectivity index (χ2v) is 3.30. The Balaban J connectivity index is 2.68. The number of benzene rings is 1. The van der Waals surface area contributed by atoms with E-state index >= 15 is 0 Å². The lowest BCUT2D eigenvalue weighted by molar-refractivity contribution is 0.858. The first-order valence-corrected chi connectivity index (χ1v) is 5.24. The highest BCUT2D eigenvalue weighted by Crippen LogP contribution is 2.13. The van der Waals surface area contributed by atoms with Gasteiger partial charge in [-0.05, 0) is 12.1 Å². The summed E-state index contributed by atoms with van der Waals surface area (Å²) in [7, 11) is 0. The minimum absolute atomic E-state index is 0.519. The van der Waals surface area contributed by atoms with E-state index in [0.29, 0.717) is 6.42 Å². The van der Waals surface area contributed by atoms with E-state index in [1.54, 1.807) is 0 Å². The average molecular weight is 221 g/mol. The summed E-state index contributed by atoms with van der Waals surface area (Å²) in [6.45, 7) is 1.46. The Morgan fingerprint density at radius 1 is 1.33 bits per heavy atom. The topological polar surface area (TPSA) is 27.0 Å². The Hall–Kier alpha value is -1.46. The normalized spacial score (nSPS) is 10.1. The molecular formula is C12H13ClN2. The van der Waals surface area contributed by atoms with E-state index < -0.39 is 0 Å². The van der Waals surface area contributed by atoms with E-state index in [4.69, 9.17) is 16.9 Å². The molecule has 1 rings (SSSR count). The zero-order chi connectivity index (χ0) is 10.9. The van der Waals surface area contributed by atoms with Crippen molar-refractivity contribution in [3.05, 3.63) is 41.9 Å². The van der Waals surface area contributed by atoms with Gasteiger partial charge in [0.05, 0.1) is 12.5 Å². The molecule has 1 aromatic carbocycles. The van der Waals surface area contributed by atoms with Crippen LogP contribution in [-0.2, 0) is 0 Å². The van der Waals surface area contributed by atoms with Crippen LogP contribution in [-0.4, -0.2) is 13.1 Å². The molecule has 0 unspecified atom stereocenters. The molecule has 1 aromatic rings. The summed E-state index contributed by atoms with van der Waals surface area (Å²) < 4.78 is 0. The van der Waals surface area contributed by atoms with Gasteiger partial charge in [0, 0.05) is 24.3 Å². The van der Waals surface area contributed by atoms with Crippen molar-refractivity contribution in [2.75, 3.05) is 18.0 Å². The molecule has 0 atom stereocenters. The van der Waals surface area contributed by atoms with Gasteiger partial charge in [-0.25, -0.2) is 0 Å². The van der Waals surface area contributed by atoms with Gasteiger partial charge >= 0.3 is 0 Å². The van der Waals surface area contributed by atoms with Crippen LogP contribution < -0.4 is 4.90 Å². The molecule has 0 heterocycles. The number of para-hydroxylation sites is 1. The third-order valence-electron chi connectivity index (χ3n) is 2.03. The van der Waals surface area contributed by atoms with Gasteiger partial charge in [0.2, 0.25) is 0 Å². The maximum absolute atomic E-state index is 8.57. The Kier molecular flexibility index (Phi) is 5.35. The lowest BCUT2D eigenvalue weighted by atomic mass is 10.2. The molecule has 78 valence electrons. The third kappa shape index (κ3) is 4.05. The second-order valence-electron chi connectivity index (χ2n) is 3.05. The molecule has 0 saturated heterocycles. The van der Waals surface area contributed by atoms with Crippen molar-refractivity contribution >= 4 is 17.3 Å². The van der Waals surface area contributed by atoms with Gasteiger partial charge in [0.25, 0.3) is 0 Å². The highest BCUT2D eigenvalue weighted by molar-refractivity contribution is 6.25. The van der Waals surface area contributed by atoms with Crippen molar-refractivity contribution in [1.29, 1.82) is 5.26 Å². The predicted molar refractivity (Wildman–Crippen MR) is 63.9 cm³/mol. The van der Waals surface area contributed by atoms with Crippen molar-refractivity contribution in [2.45, 2.75) is 6.42 Å². The summed E-state index contributed by atoms with van der Waals surface area (Å²) in [5.41, 5.74) is 2.62. The number of nitrogens with zero attached hydrogens (tertiary/aromatic N) is 2. The molecular weight excluding hydrogens is 208 g/mol. The van der Waals surface area contributed by atoms with Crippen LogP contribution in [0.5, 0.6) is 0 Å². The molecule has 0 saturated carbocycles. The molecule has 0 radical (unpaired) electrons. The Morgan fingerprint density at radius 2 is 2.07 bits per heavy atom. The van der Waals surface area contributed by atoms with Crippen molar-refractivity contribution in [1.82, 2.24) is 0 Å². The molecule has 0 fully saturated rings. The first-order chi connectivity index (χ1) is 7.38. The lowest BCUT2D eigenvalue weighted by Crippen LogP contribution is -2.24. The number of hydrogen-bond acceptors (Lipinski definition) is 2. The maximum Gasteiger partial charge on any atom is 0.0640 e. The Labute approximate surface area is 95.4 Å². The van der Waals surface area contributed by atoms with Crippen LogP contribution in [0, 0.1) is 11.3 Å². The number of rotatable bonds is 5. The van der Waals surface area contributed by atoms with Gasteiger partial charge in [-0.2, -0.15) is 5.26 Å². The fraction of sp³-hybridized carbons (Fsp3) is 0.250. The van der Waals surface area contributed by atoms with E-state index in [9.17, 15) is 0 Å². The first-order valence-electron chi connectivity index (χ1n) is 4.80. The predicted octanol–water partition coefficient (Wildman–Crippen LogP) is 3.16. The molecule has 0 aliphatic heterocycles. The maximum atomic E-state index is 8.57. The van der Waals surface area contributed by atoms with Crippen LogP contribution in [0.25, 0.3) is 0 Å². The smallest absolute Gasteiger partial charge is 0.0640 e. The van der Waals surface area contributed by atoms with Crippen LogP contribution >= 0.6 is 11.6 Å². The summed E-state index contributed by atoms with van der Waals surface area (Å²) in [5, 5.41) is 8.57. The van der Waals surface area contributed by atoms with E-state index in [0.717, 1.165) is 18.8 Å². The largest absolute Gasteiger partial charge is 0.367 e. The van der Waals surface area contributed by atoms with E-state index in [-0.39, 0.29) is 0 Å². The standard InChI is InChI=1S/C12H13ClN2/c13-8-4-10-15(11-5-9-14)12-6-2-1-3-7-12/h1-4,6-8H,5,10-11H2/b8-4+. The van der Waals surface area contributed by atoms with Gasteiger partial charge in [-0.15, -0.1) is 0 Å². The van der Waals surface area contributed by atoms with Crippen LogP contribution in [0.4, 0.5) is 5.69 Å². The highest BCUT2D eigenvalue weighted by atomic mass is 35.5. The van der Waals surface area contributed by atoms with Crippen molar-refractivity contribution in [3.8, 4) is 6.07 Å². The van der Waals surface area contributed by atoms with E-state index in [1.807, 2.05) is 36.4 Å². The zero-order valence-electron chi connectivity index (χ0n) is 8.44. The minimum Gasteiger partial charge on any atom is -0.367 e. The van der Waals surface area contributed by atoms with Gasteiger partial charge < -0.3 is 4.90 Å². The van der Waals surface area contributed by atoms with Gasteiger partial charge in [0.1, 0.15) is 0 Å². The summed E-state index contributed by atoms with van der Waals surface area (Å²) in [6.07, 6.45) is 2.39.